The van der Waals surface area contributed by atoms with Crippen LogP contribution in [0.5, 0.6) is 0 Å². The van der Waals surface area contributed by atoms with E-state index in [2.05, 4.69) is 10.0 Å². The average Bonchev–Trinajstić information content (AvgIpc) is 2.61. The highest BCUT2D eigenvalue weighted by molar-refractivity contribution is 7.89. The van der Waals surface area contributed by atoms with Gasteiger partial charge in [-0.25, -0.2) is 17.9 Å². The summed E-state index contributed by atoms with van der Waals surface area (Å²) < 4.78 is 31.5. The SMILES string of the molecule is CCOC(=O)c1ccccc1NC(=O)CNS(=O)(=O)c1cccc(Cl)c1. The number of ether oxygens (including phenoxy) is 1. The maximum Gasteiger partial charge on any atom is 0.340 e. The second-order valence-corrected chi connectivity index (χ2v) is 7.30. The maximum atomic E-state index is 12.2. The number of sulfonamides is 1. The molecule has 2 aromatic rings. The normalized spacial score (nSPS) is 11.0. The van der Waals surface area contributed by atoms with Gasteiger partial charge in [0.1, 0.15) is 0 Å². The number of benzene rings is 2. The van der Waals surface area contributed by atoms with Gasteiger partial charge < -0.3 is 10.1 Å². The lowest BCUT2D eigenvalue weighted by Crippen LogP contribution is -2.33. The molecule has 0 fully saturated rings. The predicted octanol–water partition coefficient (Wildman–Crippen LogP) is 2.43. The Morgan fingerprint density at radius 2 is 1.85 bits per heavy atom. The molecule has 0 atom stereocenters. The van der Waals surface area contributed by atoms with Crippen LogP contribution in [0.3, 0.4) is 0 Å². The van der Waals surface area contributed by atoms with Crippen LogP contribution in [-0.2, 0) is 19.6 Å². The molecule has 0 bridgehead atoms. The zero-order valence-corrected chi connectivity index (χ0v) is 15.4. The van der Waals surface area contributed by atoms with Gasteiger partial charge in [-0.05, 0) is 37.3 Å². The second kappa shape index (κ2) is 8.79. The number of carbonyl (C=O) groups excluding carboxylic acids is 2. The van der Waals surface area contributed by atoms with Crippen LogP contribution in [0.25, 0.3) is 0 Å². The average molecular weight is 397 g/mol. The van der Waals surface area contributed by atoms with E-state index in [1.807, 2.05) is 0 Å². The number of carbonyl (C=O) groups is 2. The lowest BCUT2D eigenvalue weighted by molar-refractivity contribution is -0.115. The lowest BCUT2D eigenvalue weighted by atomic mass is 10.2. The highest BCUT2D eigenvalue weighted by Gasteiger charge is 2.18. The van der Waals surface area contributed by atoms with Crippen molar-refractivity contribution in [2.24, 2.45) is 0 Å². The molecule has 1 amide bonds. The Bertz CT molecular complexity index is 915. The number of para-hydroxylation sites is 1. The molecule has 0 aliphatic heterocycles. The maximum absolute atomic E-state index is 12.2. The smallest absolute Gasteiger partial charge is 0.340 e. The summed E-state index contributed by atoms with van der Waals surface area (Å²) in [5.41, 5.74) is 0.415. The third kappa shape index (κ3) is 5.29. The van der Waals surface area contributed by atoms with E-state index >= 15 is 0 Å². The molecule has 0 aliphatic carbocycles. The molecule has 0 aliphatic rings. The number of amides is 1. The number of anilines is 1. The lowest BCUT2D eigenvalue weighted by Gasteiger charge is -2.11. The van der Waals surface area contributed by atoms with Gasteiger partial charge in [0.2, 0.25) is 15.9 Å². The first kappa shape index (κ1) is 19.9. The minimum atomic E-state index is -3.89. The van der Waals surface area contributed by atoms with Gasteiger partial charge in [-0.2, -0.15) is 0 Å². The van der Waals surface area contributed by atoms with E-state index in [1.165, 1.54) is 30.3 Å². The first-order valence-corrected chi connectivity index (χ1v) is 9.51. The number of hydrogen-bond acceptors (Lipinski definition) is 5. The molecule has 2 rings (SSSR count). The molecule has 0 saturated heterocycles. The largest absolute Gasteiger partial charge is 0.462 e. The van der Waals surface area contributed by atoms with Gasteiger partial charge in [-0.15, -0.1) is 0 Å². The summed E-state index contributed by atoms with van der Waals surface area (Å²) in [6.45, 7) is 1.36. The summed E-state index contributed by atoms with van der Waals surface area (Å²) in [5.74, 6) is -1.21. The summed E-state index contributed by atoms with van der Waals surface area (Å²) in [5, 5.41) is 2.76. The Kier molecular flexibility index (Phi) is 6.73. The van der Waals surface area contributed by atoms with Crippen LogP contribution in [0, 0.1) is 0 Å². The molecule has 26 heavy (non-hydrogen) atoms. The molecule has 0 radical (unpaired) electrons. The highest BCUT2D eigenvalue weighted by atomic mass is 35.5. The second-order valence-electron chi connectivity index (χ2n) is 5.10. The Hall–Kier alpha value is -2.42. The van der Waals surface area contributed by atoms with E-state index < -0.39 is 28.4 Å². The Morgan fingerprint density at radius 3 is 2.54 bits per heavy atom. The summed E-state index contributed by atoms with van der Waals surface area (Å²) in [7, 11) is -3.89. The Labute approximate surface area is 156 Å². The fourth-order valence-electron chi connectivity index (χ4n) is 2.05. The van der Waals surface area contributed by atoms with Gasteiger partial charge in [0, 0.05) is 5.02 Å². The van der Waals surface area contributed by atoms with Crippen molar-refractivity contribution in [2.75, 3.05) is 18.5 Å². The number of esters is 1. The van der Waals surface area contributed by atoms with Crippen molar-refractivity contribution in [2.45, 2.75) is 11.8 Å². The summed E-state index contributed by atoms with van der Waals surface area (Å²) in [6.07, 6.45) is 0. The quantitative estimate of drug-likeness (QED) is 0.700. The van der Waals surface area contributed by atoms with Crippen molar-refractivity contribution in [3.8, 4) is 0 Å². The summed E-state index contributed by atoms with van der Waals surface area (Å²) in [4.78, 5) is 23.9. The van der Waals surface area contributed by atoms with Gasteiger partial charge >= 0.3 is 5.97 Å². The zero-order valence-electron chi connectivity index (χ0n) is 13.9. The molecule has 0 heterocycles. The van der Waals surface area contributed by atoms with Crippen molar-refractivity contribution in [3.63, 3.8) is 0 Å². The molecule has 0 aromatic heterocycles. The van der Waals surface area contributed by atoms with Crippen LogP contribution in [0.2, 0.25) is 5.02 Å². The van der Waals surface area contributed by atoms with E-state index in [0.29, 0.717) is 0 Å². The van der Waals surface area contributed by atoms with Gasteiger partial charge in [0.15, 0.2) is 0 Å². The molecule has 0 unspecified atom stereocenters. The summed E-state index contributed by atoms with van der Waals surface area (Å²) >= 11 is 5.78. The van der Waals surface area contributed by atoms with E-state index in [-0.39, 0.29) is 27.8 Å². The molecule has 2 aromatic carbocycles. The van der Waals surface area contributed by atoms with Gasteiger partial charge in [0.05, 0.1) is 29.3 Å². The molecule has 2 N–H and O–H groups in total. The van der Waals surface area contributed by atoms with E-state index in [9.17, 15) is 18.0 Å². The van der Waals surface area contributed by atoms with Gasteiger partial charge in [0.25, 0.3) is 0 Å². The van der Waals surface area contributed by atoms with Crippen molar-refractivity contribution < 1.29 is 22.7 Å². The number of halogens is 1. The molecule has 0 spiro atoms. The third-order valence-electron chi connectivity index (χ3n) is 3.23. The highest BCUT2D eigenvalue weighted by Crippen LogP contribution is 2.17. The first-order chi connectivity index (χ1) is 12.3. The van der Waals surface area contributed by atoms with E-state index in [4.69, 9.17) is 16.3 Å². The van der Waals surface area contributed by atoms with E-state index in [0.717, 1.165) is 0 Å². The minimum Gasteiger partial charge on any atom is -0.462 e. The van der Waals surface area contributed by atoms with Crippen molar-refractivity contribution in [3.05, 3.63) is 59.1 Å². The predicted molar refractivity (Wildman–Crippen MR) is 97.7 cm³/mol. The first-order valence-electron chi connectivity index (χ1n) is 7.64. The standard InChI is InChI=1S/C17H17ClN2O5S/c1-2-25-17(22)14-8-3-4-9-15(14)20-16(21)11-19-26(23,24)13-7-5-6-12(18)10-13/h3-10,19H,2,11H2,1H3,(H,20,21). The number of rotatable bonds is 7. The number of nitrogens with one attached hydrogen (secondary N) is 2. The van der Waals surface area contributed by atoms with Gasteiger partial charge in [-0.1, -0.05) is 29.8 Å². The zero-order chi connectivity index (χ0) is 19.2. The Morgan fingerprint density at radius 1 is 1.12 bits per heavy atom. The topological polar surface area (TPSA) is 102 Å². The molecule has 138 valence electrons. The fraction of sp³-hybridized carbons (Fsp3) is 0.176. The van der Waals surface area contributed by atoms with Crippen molar-refractivity contribution in [1.29, 1.82) is 0 Å². The number of hydrogen-bond donors (Lipinski definition) is 2. The van der Waals surface area contributed by atoms with Gasteiger partial charge in [-0.3, -0.25) is 4.79 Å². The third-order valence-corrected chi connectivity index (χ3v) is 4.86. The minimum absolute atomic E-state index is 0.0512. The van der Waals surface area contributed by atoms with Crippen LogP contribution in [0.4, 0.5) is 5.69 Å². The molecule has 0 saturated carbocycles. The van der Waals surface area contributed by atoms with Crippen LogP contribution in [0.15, 0.2) is 53.4 Å². The van der Waals surface area contributed by atoms with Crippen LogP contribution in [0.1, 0.15) is 17.3 Å². The Balaban J connectivity index is 2.05. The van der Waals surface area contributed by atoms with Crippen LogP contribution >= 0.6 is 11.6 Å². The van der Waals surface area contributed by atoms with Crippen molar-refractivity contribution >= 4 is 39.2 Å². The fourth-order valence-corrected chi connectivity index (χ4v) is 3.33. The molecular weight excluding hydrogens is 380 g/mol. The van der Waals surface area contributed by atoms with Crippen LogP contribution in [-0.4, -0.2) is 33.4 Å². The molecule has 9 heteroatoms. The van der Waals surface area contributed by atoms with E-state index in [1.54, 1.807) is 25.1 Å². The molecule has 7 nitrogen and oxygen atoms in total. The van der Waals surface area contributed by atoms with Crippen LogP contribution < -0.4 is 10.0 Å². The summed E-state index contributed by atoms with van der Waals surface area (Å²) in [6, 6.07) is 12.0. The monoisotopic (exact) mass is 396 g/mol. The molecular formula is C17H17ClN2O5S. The van der Waals surface area contributed by atoms with Crippen molar-refractivity contribution in [1.82, 2.24) is 4.72 Å².